The lowest BCUT2D eigenvalue weighted by molar-refractivity contribution is -0.369. The Labute approximate surface area is 246 Å². The molecular weight excluding hydrogens is 526 g/mol. The number of carbonyl (C=O) groups excluding carboxylic acids is 1. The summed E-state index contributed by atoms with van der Waals surface area (Å²) < 4.78 is 29.6. The number of aliphatic hydroxyl groups excluding tert-OH is 2. The third-order valence-corrected chi connectivity index (χ3v) is 7.76. The highest BCUT2D eigenvalue weighted by Crippen LogP contribution is 2.33. The number of hydrogen-bond acceptors (Lipinski definition) is 8. The molecule has 1 aromatic rings. The molecule has 0 radical (unpaired) electrons. The molecule has 3 N–H and O–H groups in total. The van der Waals surface area contributed by atoms with Gasteiger partial charge in [-0.2, -0.15) is 0 Å². The molecule has 2 fully saturated rings. The fourth-order valence-electron chi connectivity index (χ4n) is 5.48. The van der Waals surface area contributed by atoms with Crippen LogP contribution >= 0.6 is 0 Å². The Morgan fingerprint density at radius 3 is 2.44 bits per heavy atom. The van der Waals surface area contributed by atoms with Gasteiger partial charge in [-0.15, -0.1) is 0 Å². The summed E-state index contributed by atoms with van der Waals surface area (Å²) in [6.07, 6.45) is 8.48. The number of ether oxygens (including phenoxy) is 5. The Bertz CT molecular complexity index is 853. The maximum absolute atomic E-state index is 13.3. The molecule has 6 atom stereocenters. The monoisotopic (exact) mass is 579 g/mol. The van der Waals surface area contributed by atoms with E-state index >= 15 is 0 Å². The molecule has 0 spiro atoms. The molecule has 2 saturated heterocycles. The average Bonchev–Trinajstić information content (AvgIpc) is 2.96. The van der Waals surface area contributed by atoms with Gasteiger partial charge in [-0.25, -0.2) is 0 Å². The number of aliphatic hydroxyl groups is 2. The number of nitrogens with one attached hydrogen (secondary N) is 1. The second-order valence-corrected chi connectivity index (χ2v) is 11.8. The zero-order valence-electron chi connectivity index (χ0n) is 25.3. The summed E-state index contributed by atoms with van der Waals surface area (Å²) in [6.45, 7) is 6.25. The molecular formula is C32H53NO8. The lowest BCUT2D eigenvalue weighted by Gasteiger charge is -2.49. The van der Waals surface area contributed by atoms with Crippen molar-refractivity contribution in [3.8, 4) is 0 Å². The molecule has 0 unspecified atom stereocenters. The molecule has 2 aliphatic heterocycles. The highest BCUT2D eigenvalue weighted by atomic mass is 16.8. The molecule has 234 valence electrons. The van der Waals surface area contributed by atoms with Crippen molar-refractivity contribution in [2.24, 2.45) is 0 Å². The van der Waals surface area contributed by atoms with Gasteiger partial charge in [0.05, 0.1) is 39.0 Å². The number of hydrogen-bond donors (Lipinski definition) is 3. The molecule has 2 heterocycles. The minimum atomic E-state index is -1.08. The van der Waals surface area contributed by atoms with E-state index in [1.165, 1.54) is 44.9 Å². The van der Waals surface area contributed by atoms with Crippen LogP contribution in [0.1, 0.15) is 97.0 Å². The van der Waals surface area contributed by atoms with Gasteiger partial charge in [-0.05, 0) is 25.8 Å². The summed E-state index contributed by atoms with van der Waals surface area (Å²) in [6, 6.07) is 9.08. The van der Waals surface area contributed by atoms with E-state index in [1.807, 2.05) is 30.3 Å². The second kappa shape index (κ2) is 18.2. The van der Waals surface area contributed by atoms with Crippen LogP contribution in [0.3, 0.4) is 0 Å². The molecule has 41 heavy (non-hydrogen) atoms. The van der Waals surface area contributed by atoms with Crippen molar-refractivity contribution < 1.29 is 38.7 Å². The maximum atomic E-state index is 13.3. The van der Waals surface area contributed by atoms with E-state index in [0.717, 1.165) is 24.8 Å². The van der Waals surface area contributed by atoms with Gasteiger partial charge in [0.1, 0.15) is 24.4 Å². The average molecular weight is 580 g/mol. The van der Waals surface area contributed by atoms with Crippen molar-refractivity contribution >= 4 is 5.91 Å². The van der Waals surface area contributed by atoms with E-state index in [4.69, 9.17) is 23.7 Å². The van der Waals surface area contributed by atoms with Gasteiger partial charge in [-0.3, -0.25) is 4.79 Å². The van der Waals surface area contributed by atoms with Gasteiger partial charge in [-0.1, -0.05) is 95.0 Å². The van der Waals surface area contributed by atoms with Crippen molar-refractivity contribution in [3.05, 3.63) is 35.9 Å². The Balaban J connectivity index is 1.55. The van der Waals surface area contributed by atoms with Crippen LogP contribution in [0, 0.1) is 0 Å². The third-order valence-electron chi connectivity index (χ3n) is 7.76. The van der Waals surface area contributed by atoms with Crippen molar-refractivity contribution in [1.29, 1.82) is 0 Å². The lowest BCUT2D eigenvalue weighted by atomic mass is 9.95. The van der Waals surface area contributed by atoms with Gasteiger partial charge in [0.25, 0.3) is 0 Å². The lowest BCUT2D eigenvalue weighted by Crippen LogP contribution is -2.68. The zero-order valence-corrected chi connectivity index (χ0v) is 25.3. The predicted octanol–water partition coefficient (Wildman–Crippen LogP) is 4.61. The number of benzene rings is 1. The summed E-state index contributed by atoms with van der Waals surface area (Å²) in [4.78, 5) is 13.3. The van der Waals surface area contributed by atoms with Crippen LogP contribution in [0.15, 0.2) is 30.3 Å². The van der Waals surface area contributed by atoms with E-state index in [9.17, 15) is 15.0 Å². The number of unbranched alkanes of at least 4 members (excludes halogenated alkanes) is 8. The molecule has 2 aliphatic rings. The van der Waals surface area contributed by atoms with Crippen molar-refractivity contribution in [2.75, 3.05) is 19.8 Å². The fraction of sp³-hybridized carbons (Fsp3) is 0.781. The zero-order chi connectivity index (χ0) is 29.5. The van der Waals surface area contributed by atoms with Crippen LogP contribution in [0.5, 0.6) is 0 Å². The van der Waals surface area contributed by atoms with E-state index in [-0.39, 0.29) is 38.3 Å². The molecule has 1 aromatic carbocycles. The smallest absolute Gasteiger partial charge is 0.223 e. The van der Waals surface area contributed by atoms with E-state index < -0.39 is 36.4 Å². The van der Waals surface area contributed by atoms with Crippen LogP contribution in [-0.4, -0.2) is 78.5 Å². The molecule has 0 saturated carbocycles. The topological polar surface area (TPSA) is 116 Å². The van der Waals surface area contributed by atoms with E-state index in [0.29, 0.717) is 6.61 Å². The van der Waals surface area contributed by atoms with Crippen LogP contribution in [0.25, 0.3) is 0 Å². The summed E-state index contributed by atoms with van der Waals surface area (Å²) in [7, 11) is 0. The van der Waals surface area contributed by atoms with E-state index in [1.54, 1.807) is 13.8 Å². The Hall–Kier alpha value is -1.59. The van der Waals surface area contributed by atoms with Gasteiger partial charge < -0.3 is 39.2 Å². The van der Waals surface area contributed by atoms with Crippen LogP contribution in [0.2, 0.25) is 0 Å². The highest BCUT2D eigenvalue weighted by molar-refractivity contribution is 5.77. The van der Waals surface area contributed by atoms with Gasteiger partial charge >= 0.3 is 0 Å². The largest absolute Gasteiger partial charge is 0.394 e. The quantitative estimate of drug-likeness (QED) is 0.204. The Morgan fingerprint density at radius 2 is 1.76 bits per heavy atom. The molecule has 3 rings (SSSR count). The first-order valence-corrected chi connectivity index (χ1v) is 15.7. The molecule has 0 bridgehead atoms. The first kappa shape index (κ1) is 33.9. The number of amides is 1. The molecule has 0 aromatic heterocycles. The van der Waals surface area contributed by atoms with Crippen molar-refractivity contribution in [2.45, 2.75) is 141 Å². The number of rotatable bonds is 19. The minimum Gasteiger partial charge on any atom is -0.394 e. The molecule has 0 aliphatic carbocycles. The fourth-order valence-corrected chi connectivity index (χ4v) is 5.48. The number of carbonyl (C=O) groups is 1. The third kappa shape index (κ3) is 11.9. The molecule has 1 amide bonds. The second-order valence-electron chi connectivity index (χ2n) is 11.8. The standard InChI is InChI=1S/C32H53NO8/c1-4-5-6-7-8-9-10-11-15-18-25(38-22-24-16-13-12-14-17-24)21-27(35)33-28-29(36)30-26(23-39-32(2,3)41-30)40-31(28)37-20-19-34/h12-14,16-17,25-26,28-31,34,36H,4-11,15,18-23H2,1-3H3,(H,33,35)/t25-,26-,28-,29-,30-,31+/m1/s1. The highest BCUT2D eigenvalue weighted by Gasteiger charge is 2.51. The normalized spacial score (nSPS) is 26.3. The maximum Gasteiger partial charge on any atom is 0.223 e. The van der Waals surface area contributed by atoms with Gasteiger partial charge in [0.15, 0.2) is 12.1 Å². The Kier molecular flexibility index (Phi) is 15.0. The van der Waals surface area contributed by atoms with Crippen molar-refractivity contribution in [1.82, 2.24) is 5.32 Å². The van der Waals surface area contributed by atoms with Crippen LogP contribution < -0.4 is 5.32 Å². The predicted molar refractivity (Wildman–Crippen MR) is 156 cm³/mol. The van der Waals surface area contributed by atoms with E-state index in [2.05, 4.69) is 12.2 Å². The Morgan fingerprint density at radius 1 is 1.07 bits per heavy atom. The van der Waals surface area contributed by atoms with Crippen LogP contribution in [0.4, 0.5) is 0 Å². The summed E-state index contributed by atoms with van der Waals surface area (Å²) >= 11 is 0. The van der Waals surface area contributed by atoms with Crippen molar-refractivity contribution in [3.63, 3.8) is 0 Å². The minimum absolute atomic E-state index is 0.00969. The summed E-state index contributed by atoms with van der Waals surface area (Å²) in [5, 5.41) is 23.5. The first-order chi connectivity index (χ1) is 19.8. The molecule has 9 nitrogen and oxygen atoms in total. The SMILES string of the molecule is CCCCCCCCCCC[C@H](CC(=O)N[C@H]1[C@@H](OCCO)O[C@@H]2COC(C)(C)O[C@H]2[C@@H]1O)OCc1ccccc1. The summed E-state index contributed by atoms with van der Waals surface area (Å²) in [5.41, 5.74) is 1.06. The van der Waals surface area contributed by atoms with Gasteiger partial charge in [0, 0.05) is 0 Å². The van der Waals surface area contributed by atoms with Crippen LogP contribution in [-0.2, 0) is 35.1 Å². The first-order valence-electron chi connectivity index (χ1n) is 15.7. The summed E-state index contributed by atoms with van der Waals surface area (Å²) in [5.74, 6) is -1.14. The number of fused-ring (bicyclic) bond motifs is 1. The molecule has 9 heteroatoms. The van der Waals surface area contributed by atoms with Gasteiger partial charge in [0.2, 0.25) is 5.91 Å².